The largest absolute Gasteiger partial charge is 0.375 e. The summed E-state index contributed by atoms with van der Waals surface area (Å²) in [6.45, 7) is 4.09. The van der Waals surface area contributed by atoms with Gasteiger partial charge in [-0.2, -0.15) is 0 Å². The zero-order valence-corrected chi connectivity index (χ0v) is 13.7. The van der Waals surface area contributed by atoms with E-state index in [1.54, 1.807) is 0 Å². The van der Waals surface area contributed by atoms with E-state index in [9.17, 15) is 8.78 Å². The molecule has 2 aromatic carbocycles. The third-order valence-electron chi connectivity index (χ3n) is 3.39. The van der Waals surface area contributed by atoms with Crippen molar-refractivity contribution in [3.05, 3.63) is 63.6 Å². The van der Waals surface area contributed by atoms with E-state index in [-0.39, 0.29) is 11.7 Å². The number of aryl methyl sites for hydroxylation is 1. The summed E-state index contributed by atoms with van der Waals surface area (Å²) < 4.78 is 27.3. The fraction of sp³-hybridized carbons (Fsp3) is 0.294. The molecule has 0 spiro atoms. The average molecular weight is 354 g/mol. The Morgan fingerprint density at radius 3 is 2.38 bits per heavy atom. The van der Waals surface area contributed by atoms with Crippen molar-refractivity contribution in [2.45, 2.75) is 32.7 Å². The summed E-state index contributed by atoms with van der Waals surface area (Å²) in [7, 11) is 0. The highest BCUT2D eigenvalue weighted by molar-refractivity contribution is 9.10. The smallest absolute Gasteiger partial charge is 0.150 e. The quantitative estimate of drug-likeness (QED) is 0.710. The summed E-state index contributed by atoms with van der Waals surface area (Å²) in [5.41, 5.74) is 2.63. The monoisotopic (exact) mass is 353 g/mol. The Morgan fingerprint density at radius 1 is 1.14 bits per heavy atom. The van der Waals surface area contributed by atoms with Gasteiger partial charge in [-0.15, -0.1) is 0 Å². The Labute approximate surface area is 132 Å². The fourth-order valence-corrected chi connectivity index (χ4v) is 2.76. The summed E-state index contributed by atoms with van der Waals surface area (Å²) in [4.78, 5) is 0. The molecule has 112 valence electrons. The molecule has 2 aromatic rings. The molecule has 0 heterocycles. The van der Waals surface area contributed by atoms with E-state index >= 15 is 0 Å². The molecule has 0 saturated carbocycles. The van der Waals surface area contributed by atoms with Crippen LogP contribution in [0.25, 0.3) is 0 Å². The lowest BCUT2D eigenvalue weighted by molar-refractivity contribution is 0.582. The van der Waals surface area contributed by atoms with Gasteiger partial charge in [0.1, 0.15) is 11.6 Å². The molecule has 0 bridgehead atoms. The molecule has 1 N–H and O–H groups in total. The van der Waals surface area contributed by atoms with Gasteiger partial charge < -0.3 is 5.32 Å². The first-order valence-corrected chi connectivity index (χ1v) is 7.80. The predicted molar refractivity (Wildman–Crippen MR) is 86.5 cm³/mol. The molecule has 4 heteroatoms. The van der Waals surface area contributed by atoms with Gasteiger partial charge in [0, 0.05) is 16.6 Å². The predicted octanol–water partition coefficient (Wildman–Crippen LogP) is 5.85. The van der Waals surface area contributed by atoms with E-state index in [4.69, 9.17) is 0 Å². The number of rotatable bonds is 5. The highest BCUT2D eigenvalue weighted by Gasteiger charge is 2.13. The Hall–Kier alpha value is -1.42. The van der Waals surface area contributed by atoms with Gasteiger partial charge in [-0.3, -0.25) is 0 Å². The fourth-order valence-electron chi connectivity index (χ4n) is 2.24. The Balaban J connectivity index is 2.16. The highest BCUT2D eigenvalue weighted by Crippen LogP contribution is 2.30. The lowest BCUT2D eigenvalue weighted by Crippen LogP contribution is -2.09. The van der Waals surface area contributed by atoms with Crippen LogP contribution in [-0.2, 0) is 6.42 Å². The van der Waals surface area contributed by atoms with Gasteiger partial charge in [-0.05, 0) is 46.5 Å². The van der Waals surface area contributed by atoms with Crippen LogP contribution in [0.5, 0.6) is 0 Å². The van der Waals surface area contributed by atoms with Crippen molar-refractivity contribution < 1.29 is 8.78 Å². The van der Waals surface area contributed by atoms with Gasteiger partial charge >= 0.3 is 0 Å². The van der Waals surface area contributed by atoms with Crippen molar-refractivity contribution in [1.29, 1.82) is 0 Å². The van der Waals surface area contributed by atoms with Crippen LogP contribution in [0.3, 0.4) is 0 Å². The molecule has 0 aliphatic carbocycles. The standard InChI is InChI=1S/C17H18BrF2N/c1-3-4-12-5-7-13(8-6-12)11(2)21-17-15(18)9-14(19)10-16(17)20/h5-11,21H,3-4H2,1-2H3. The Kier molecular flexibility index (Phi) is 5.34. The van der Waals surface area contributed by atoms with Crippen molar-refractivity contribution >= 4 is 21.6 Å². The lowest BCUT2D eigenvalue weighted by atomic mass is 10.0. The summed E-state index contributed by atoms with van der Waals surface area (Å²) in [6.07, 6.45) is 2.17. The van der Waals surface area contributed by atoms with Crippen LogP contribution in [0, 0.1) is 11.6 Å². The van der Waals surface area contributed by atoms with Crippen LogP contribution in [0.2, 0.25) is 0 Å². The number of nitrogens with one attached hydrogen (secondary N) is 1. The lowest BCUT2D eigenvalue weighted by Gasteiger charge is -2.18. The molecule has 0 amide bonds. The third kappa shape index (κ3) is 4.03. The molecule has 0 aliphatic rings. The summed E-state index contributed by atoms with van der Waals surface area (Å²) in [5.74, 6) is -1.20. The number of anilines is 1. The first-order valence-electron chi connectivity index (χ1n) is 7.01. The van der Waals surface area contributed by atoms with Crippen molar-refractivity contribution in [2.24, 2.45) is 0 Å². The first kappa shape index (κ1) is 16.0. The van der Waals surface area contributed by atoms with E-state index in [0.717, 1.165) is 24.5 Å². The van der Waals surface area contributed by atoms with Crippen molar-refractivity contribution in [2.75, 3.05) is 5.32 Å². The van der Waals surface area contributed by atoms with Gasteiger partial charge in [-0.25, -0.2) is 8.78 Å². The van der Waals surface area contributed by atoms with Crippen molar-refractivity contribution in [1.82, 2.24) is 0 Å². The minimum atomic E-state index is -0.601. The third-order valence-corrected chi connectivity index (χ3v) is 4.01. The van der Waals surface area contributed by atoms with Gasteiger partial charge in [0.05, 0.1) is 5.69 Å². The van der Waals surface area contributed by atoms with E-state index < -0.39 is 11.6 Å². The molecule has 2 rings (SSSR count). The zero-order valence-electron chi connectivity index (χ0n) is 12.1. The minimum absolute atomic E-state index is 0.0723. The Morgan fingerprint density at radius 2 is 1.81 bits per heavy atom. The topological polar surface area (TPSA) is 12.0 Å². The van der Waals surface area contributed by atoms with Crippen molar-refractivity contribution in [3.8, 4) is 0 Å². The molecule has 0 aliphatic heterocycles. The second kappa shape index (κ2) is 7.03. The summed E-state index contributed by atoms with van der Waals surface area (Å²) >= 11 is 3.19. The van der Waals surface area contributed by atoms with Crippen LogP contribution in [0.1, 0.15) is 37.4 Å². The number of benzene rings is 2. The van der Waals surface area contributed by atoms with Crippen LogP contribution in [-0.4, -0.2) is 0 Å². The van der Waals surface area contributed by atoms with E-state index in [0.29, 0.717) is 4.47 Å². The minimum Gasteiger partial charge on any atom is -0.375 e. The normalized spacial score (nSPS) is 12.2. The second-order valence-electron chi connectivity index (χ2n) is 5.10. The zero-order chi connectivity index (χ0) is 15.4. The second-order valence-corrected chi connectivity index (χ2v) is 5.96. The Bertz CT molecular complexity index is 588. The SMILES string of the molecule is CCCc1ccc(C(C)Nc2c(F)cc(F)cc2Br)cc1. The van der Waals surface area contributed by atoms with E-state index in [2.05, 4.69) is 40.3 Å². The van der Waals surface area contributed by atoms with Crippen LogP contribution < -0.4 is 5.32 Å². The molecule has 0 aromatic heterocycles. The molecule has 1 nitrogen and oxygen atoms in total. The molecule has 0 radical (unpaired) electrons. The van der Waals surface area contributed by atoms with Crippen LogP contribution in [0.15, 0.2) is 40.9 Å². The molecular formula is C17H18BrF2N. The van der Waals surface area contributed by atoms with Crippen LogP contribution in [0.4, 0.5) is 14.5 Å². The molecule has 21 heavy (non-hydrogen) atoms. The van der Waals surface area contributed by atoms with Gasteiger partial charge in [0.2, 0.25) is 0 Å². The number of hydrogen-bond donors (Lipinski definition) is 1. The molecule has 0 fully saturated rings. The average Bonchev–Trinajstić information content (AvgIpc) is 2.43. The van der Waals surface area contributed by atoms with E-state index in [1.807, 2.05) is 19.1 Å². The summed E-state index contributed by atoms with van der Waals surface area (Å²) in [5, 5.41) is 3.08. The van der Waals surface area contributed by atoms with Gasteiger partial charge in [0.25, 0.3) is 0 Å². The highest BCUT2D eigenvalue weighted by atomic mass is 79.9. The number of halogens is 3. The maximum atomic E-state index is 13.8. The molecule has 0 saturated heterocycles. The molecule has 1 unspecified atom stereocenters. The first-order chi connectivity index (χ1) is 10.0. The van der Waals surface area contributed by atoms with E-state index in [1.165, 1.54) is 11.6 Å². The van der Waals surface area contributed by atoms with Gasteiger partial charge in [-0.1, -0.05) is 37.6 Å². The van der Waals surface area contributed by atoms with Crippen LogP contribution >= 0.6 is 15.9 Å². The summed E-state index contributed by atoms with van der Waals surface area (Å²) in [6, 6.07) is 10.3. The van der Waals surface area contributed by atoms with Gasteiger partial charge in [0.15, 0.2) is 0 Å². The van der Waals surface area contributed by atoms with Crippen molar-refractivity contribution in [3.63, 3.8) is 0 Å². The maximum absolute atomic E-state index is 13.8. The molecular weight excluding hydrogens is 336 g/mol. The maximum Gasteiger partial charge on any atom is 0.150 e. The molecule has 1 atom stereocenters. The number of hydrogen-bond acceptors (Lipinski definition) is 1.